The van der Waals surface area contributed by atoms with Crippen LogP contribution in [0.4, 0.5) is 5.69 Å². The first-order valence-corrected chi connectivity index (χ1v) is 11.6. The van der Waals surface area contributed by atoms with Gasteiger partial charge in [0.25, 0.3) is 5.56 Å². The minimum atomic E-state index is -3.88. The van der Waals surface area contributed by atoms with Crippen molar-refractivity contribution in [3.05, 3.63) is 80.4 Å². The molecule has 0 aliphatic heterocycles. The van der Waals surface area contributed by atoms with E-state index in [0.717, 1.165) is 4.68 Å². The molecule has 1 aromatic carbocycles. The average molecular weight is 496 g/mol. The van der Waals surface area contributed by atoms with Crippen molar-refractivity contribution in [1.82, 2.24) is 19.5 Å². The van der Waals surface area contributed by atoms with E-state index < -0.39 is 27.5 Å². The van der Waals surface area contributed by atoms with E-state index in [1.165, 1.54) is 19.2 Å². The van der Waals surface area contributed by atoms with E-state index in [0.29, 0.717) is 11.3 Å². The molecule has 2 heterocycles. The minimum absolute atomic E-state index is 0.00344. The molecule has 0 radical (unpaired) electrons. The molecular weight excluding hydrogens is 477 g/mol. The van der Waals surface area contributed by atoms with Gasteiger partial charge in [0.1, 0.15) is 11.1 Å². The molecule has 168 valence electrons. The number of carbonyl (C=O) groups is 1. The molecule has 3 aromatic rings. The normalized spacial score (nSPS) is 12.4. The average Bonchev–Trinajstić information content (AvgIpc) is 2.77. The number of nitrogens with zero attached hydrogens (tertiary/aromatic N) is 3. The number of halogens is 2. The molecular formula is C20H19Cl2N5O4S. The van der Waals surface area contributed by atoms with E-state index in [1.54, 1.807) is 43.5 Å². The van der Waals surface area contributed by atoms with E-state index >= 15 is 0 Å². The molecule has 3 rings (SSSR count). The minimum Gasteiger partial charge on any atom is -0.324 e. The lowest BCUT2D eigenvalue weighted by Gasteiger charge is -2.16. The molecule has 0 saturated carbocycles. The molecule has 0 aliphatic carbocycles. The number of nitrogens with one attached hydrogen (secondary N) is 2. The van der Waals surface area contributed by atoms with Crippen LogP contribution in [-0.4, -0.2) is 29.1 Å². The van der Waals surface area contributed by atoms with Crippen molar-refractivity contribution in [2.45, 2.75) is 31.3 Å². The number of amides is 1. The first kappa shape index (κ1) is 23.9. The van der Waals surface area contributed by atoms with Gasteiger partial charge in [-0.2, -0.15) is 5.10 Å². The van der Waals surface area contributed by atoms with Crippen molar-refractivity contribution in [2.24, 2.45) is 0 Å². The fraction of sp³-hybridized carbons (Fsp3) is 0.200. The quantitative estimate of drug-likeness (QED) is 0.519. The third-order valence-electron chi connectivity index (χ3n) is 4.56. The lowest BCUT2D eigenvalue weighted by atomic mass is 10.2. The smallest absolute Gasteiger partial charge is 0.287 e. The Morgan fingerprint density at radius 2 is 1.97 bits per heavy atom. The molecule has 0 fully saturated rings. The summed E-state index contributed by atoms with van der Waals surface area (Å²) in [5, 5.41) is 6.17. The zero-order chi connectivity index (χ0) is 23.5. The van der Waals surface area contributed by atoms with Gasteiger partial charge in [-0.15, -0.1) is 0 Å². The molecule has 0 saturated heterocycles. The van der Waals surface area contributed by atoms with Crippen LogP contribution in [0.2, 0.25) is 10.0 Å². The second kappa shape index (κ2) is 9.78. The van der Waals surface area contributed by atoms with Crippen LogP contribution >= 0.6 is 23.2 Å². The highest BCUT2D eigenvalue weighted by molar-refractivity contribution is 7.89. The number of anilines is 1. The highest BCUT2D eigenvalue weighted by Crippen LogP contribution is 2.22. The number of hydrogen-bond acceptors (Lipinski definition) is 6. The van der Waals surface area contributed by atoms with Crippen LogP contribution in [0.15, 0.2) is 58.5 Å². The highest BCUT2D eigenvalue weighted by Gasteiger charge is 2.22. The zero-order valence-electron chi connectivity index (χ0n) is 17.0. The SMILES string of the molecule is Cc1ccc(NC(=O)C(C)n2ncc(Cl)c(Cl)c2=O)cc1S(=O)(=O)NCc1ccccn1. The lowest BCUT2D eigenvalue weighted by molar-refractivity contribution is -0.119. The molecule has 9 nitrogen and oxygen atoms in total. The topological polar surface area (TPSA) is 123 Å². The Hall–Kier alpha value is -2.79. The Kier molecular flexibility index (Phi) is 7.29. The molecule has 2 aromatic heterocycles. The van der Waals surface area contributed by atoms with Crippen molar-refractivity contribution in [3.63, 3.8) is 0 Å². The maximum absolute atomic E-state index is 12.8. The Morgan fingerprint density at radius 3 is 2.66 bits per heavy atom. The van der Waals surface area contributed by atoms with Gasteiger partial charge in [0.05, 0.1) is 28.4 Å². The van der Waals surface area contributed by atoms with Crippen LogP contribution in [0.25, 0.3) is 0 Å². The summed E-state index contributed by atoms with van der Waals surface area (Å²) in [4.78, 5) is 29.0. The number of pyridine rings is 1. The predicted molar refractivity (Wildman–Crippen MR) is 121 cm³/mol. The molecule has 1 amide bonds. The fourth-order valence-corrected chi connectivity index (χ4v) is 4.30. The van der Waals surface area contributed by atoms with Crippen LogP contribution in [0.3, 0.4) is 0 Å². The maximum atomic E-state index is 12.8. The third kappa shape index (κ3) is 5.33. The summed E-state index contributed by atoms with van der Waals surface area (Å²) in [6, 6.07) is 8.63. The van der Waals surface area contributed by atoms with Gasteiger partial charge in [-0.25, -0.2) is 17.8 Å². The summed E-state index contributed by atoms with van der Waals surface area (Å²) >= 11 is 11.6. The van der Waals surface area contributed by atoms with E-state index in [-0.39, 0.29) is 27.2 Å². The number of aryl methyl sites for hydroxylation is 1. The zero-order valence-corrected chi connectivity index (χ0v) is 19.4. The lowest BCUT2D eigenvalue weighted by Crippen LogP contribution is -2.33. The van der Waals surface area contributed by atoms with Crippen molar-refractivity contribution in [2.75, 3.05) is 5.32 Å². The van der Waals surface area contributed by atoms with Gasteiger partial charge in [-0.1, -0.05) is 35.3 Å². The highest BCUT2D eigenvalue weighted by atomic mass is 35.5. The molecule has 12 heteroatoms. The number of rotatable bonds is 7. The van der Waals surface area contributed by atoms with Crippen LogP contribution in [0.5, 0.6) is 0 Å². The van der Waals surface area contributed by atoms with Gasteiger partial charge in [-0.3, -0.25) is 14.6 Å². The largest absolute Gasteiger partial charge is 0.324 e. The number of aromatic nitrogens is 3. The van der Waals surface area contributed by atoms with Gasteiger partial charge in [-0.05, 0) is 43.7 Å². The second-order valence-corrected chi connectivity index (χ2v) is 9.37. The summed E-state index contributed by atoms with van der Waals surface area (Å²) < 4.78 is 29.0. The van der Waals surface area contributed by atoms with Crippen molar-refractivity contribution in [1.29, 1.82) is 0 Å². The summed E-state index contributed by atoms with van der Waals surface area (Å²) in [5.74, 6) is -0.591. The van der Waals surface area contributed by atoms with Crippen molar-refractivity contribution in [3.8, 4) is 0 Å². The Labute approximate surface area is 194 Å². The van der Waals surface area contributed by atoms with Crippen molar-refractivity contribution >= 4 is 44.8 Å². The Balaban J connectivity index is 1.80. The first-order valence-electron chi connectivity index (χ1n) is 9.34. The Morgan fingerprint density at radius 1 is 1.22 bits per heavy atom. The molecule has 1 atom stereocenters. The second-order valence-electron chi connectivity index (χ2n) is 6.85. The summed E-state index contributed by atoms with van der Waals surface area (Å²) in [6.45, 7) is 3.11. The van der Waals surface area contributed by atoms with Crippen LogP contribution in [0.1, 0.15) is 24.2 Å². The van der Waals surface area contributed by atoms with Crippen LogP contribution in [-0.2, 0) is 21.4 Å². The number of benzene rings is 1. The van der Waals surface area contributed by atoms with Crippen LogP contribution in [0, 0.1) is 6.92 Å². The van der Waals surface area contributed by atoms with Crippen molar-refractivity contribution < 1.29 is 13.2 Å². The molecule has 0 aliphatic rings. The van der Waals surface area contributed by atoms with Gasteiger partial charge >= 0.3 is 0 Å². The van der Waals surface area contributed by atoms with Gasteiger partial charge in [0.15, 0.2) is 0 Å². The van der Waals surface area contributed by atoms with E-state index in [9.17, 15) is 18.0 Å². The van der Waals surface area contributed by atoms with E-state index in [2.05, 4.69) is 20.1 Å². The summed E-state index contributed by atoms with van der Waals surface area (Å²) in [6.07, 6.45) is 2.74. The molecule has 0 bridgehead atoms. The molecule has 32 heavy (non-hydrogen) atoms. The van der Waals surface area contributed by atoms with Gasteiger partial charge < -0.3 is 5.32 Å². The fourth-order valence-electron chi connectivity index (χ4n) is 2.78. The summed E-state index contributed by atoms with van der Waals surface area (Å²) in [7, 11) is -3.88. The molecule has 0 spiro atoms. The monoisotopic (exact) mass is 495 g/mol. The van der Waals surface area contributed by atoms with Gasteiger partial charge in [0.2, 0.25) is 15.9 Å². The van der Waals surface area contributed by atoms with E-state index in [1.807, 2.05) is 0 Å². The maximum Gasteiger partial charge on any atom is 0.287 e. The number of carbonyl (C=O) groups excluding carboxylic acids is 1. The first-order chi connectivity index (χ1) is 15.1. The summed E-state index contributed by atoms with van der Waals surface area (Å²) in [5.41, 5.74) is 0.574. The number of hydrogen-bond donors (Lipinski definition) is 2. The number of sulfonamides is 1. The molecule has 1 unspecified atom stereocenters. The van der Waals surface area contributed by atoms with E-state index in [4.69, 9.17) is 23.2 Å². The molecule has 2 N–H and O–H groups in total. The van der Waals surface area contributed by atoms with Crippen LogP contribution < -0.4 is 15.6 Å². The standard InChI is InChI=1S/C20H19Cl2N5O4S/c1-12-6-7-14(9-17(12)32(30,31)25-10-15-5-3-4-8-23-15)26-19(28)13(2)27-20(29)18(22)16(21)11-24-27/h3-9,11,13,25H,10H2,1-2H3,(H,26,28). The predicted octanol–water partition coefficient (Wildman–Crippen LogP) is 2.93. The third-order valence-corrected chi connectivity index (χ3v) is 6.85. The van der Waals surface area contributed by atoms with Gasteiger partial charge in [0, 0.05) is 11.9 Å². The Bertz CT molecular complexity index is 1310.